The largest absolute Gasteiger partial charge is 0.497 e. The van der Waals surface area contributed by atoms with Crippen LogP contribution in [0.3, 0.4) is 0 Å². The summed E-state index contributed by atoms with van der Waals surface area (Å²) in [7, 11) is 1.61. The Kier molecular flexibility index (Phi) is 5.57. The van der Waals surface area contributed by atoms with Gasteiger partial charge in [0.15, 0.2) is 0 Å². The van der Waals surface area contributed by atoms with Crippen LogP contribution in [-0.4, -0.2) is 41.3 Å². The van der Waals surface area contributed by atoms with E-state index in [1.54, 1.807) is 18.4 Å². The number of urea groups is 1. The topological polar surface area (TPSA) is 80.5 Å². The number of rotatable bonds is 5. The van der Waals surface area contributed by atoms with Gasteiger partial charge in [-0.25, -0.2) is 4.79 Å². The highest BCUT2D eigenvalue weighted by atomic mass is 32.1. The maximum absolute atomic E-state index is 12.6. The molecule has 0 saturated carbocycles. The summed E-state index contributed by atoms with van der Waals surface area (Å²) in [5.41, 5.74) is 1.70. The van der Waals surface area contributed by atoms with Crippen LogP contribution in [0.15, 0.2) is 45.6 Å². The van der Waals surface area contributed by atoms with Crippen molar-refractivity contribution in [2.24, 2.45) is 5.92 Å². The van der Waals surface area contributed by atoms with Crippen molar-refractivity contribution >= 4 is 23.1 Å². The maximum Gasteiger partial charge on any atom is 0.321 e. The molecule has 1 atom stereocenters. The number of thiophene rings is 1. The Labute approximate surface area is 167 Å². The Morgan fingerprint density at radius 1 is 1.43 bits per heavy atom. The van der Waals surface area contributed by atoms with Crippen LogP contribution in [-0.2, 0) is 6.42 Å². The molecular formula is C20H22N4O3S. The van der Waals surface area contributed by atoms with E-state index in [0.29, 0.717) is 36.3 Å². The molecule has 146 valence electrons. The molecule has 3 aromatic rings. The lowest BCUT2D eigenvalue weighted by atomic mass is 9.95. The highest BCUT2D eigenvalue weighted by molar-refractivity contribution is 7.08. The lowest BCUT2D eigenvalue weighted by Crippen LogP contribution is -2.42. The van der Waals surface area contributed by atoms with Crippen LogP contribution in [0.2, 0.25) is 0 Å². The molecule has 0 aliphatic carbocycles. The standard InChI is InChI=1S/C20H22N4O3S/c1-26-17-6-2-5-16(11-17)21-20(25)24-8-3-4-14(12-24)10-18-22-19(23-27-18)15-7-9-28-13-15/h2,5-7,9,11,13-14H,3-4,8,10,12H2,1H3,(H,21,25). The predicted octanol–water partition coefficient (Wildman–Crippen LogP) is 4.29. The van der Waals surface area contributed by atoms with Gasteiger partial charge in [0.05, 0.1) is 7.11 Å². The Morgan fingerprint density at radius 3 is 3.18 bits per heavy atom. The summed E-state index contributed by atoms with van der Waals surface area (Å²) in [6, 6.07) is 9.25. The number of amides is 2. The quantitative estimate of drug-likeness (QED) is 0.693. The number of carbonyl (C=O) groups excluding carboxylic acids is 1. The zero-order chi connectivity index (χ0) is 19.3. The van der Waals surface area contributed by atoms with Gasteiger partial charge in [0.25, 0.3) is 0 Å². The van der Waals surface area contributed by atoms with Crippen LogP contribution in [0.1, 0.15) is 18.7 Å². The fourth-order valence-electron chi connectivity index (χ4n) is 3.41. The number of methoxy groups -OCH3 is 1. The molecule has 1 unspecified atom stereocenters. The number of benzene rings is 1. The van der Waals surface area contributed by atoms with Gasteiger partial charge in [-0.2, -0.15) is 16.3 Å². The molecule has 28 heavy (non-hydrogen) atoms. The molecule has 1 N–H and O–H groups in total. The third kappa shape index (κ3) is 4.33. The van der Waals surface area contributed by atoms with E-state index in [1.165, 1.54) is 0 Å². The monoisotopic (exact) mass is 398 g/mol. The molecular weight excluding hydrogens is 376 g/mol. The van der Waals surface area contributed by atoms with Crippen molar-refractivity contribution in [3.05, 3.63) is 47.0 Å². The van der Waals surface area contributed by atoms with E-state index in [4.69, 9.17) is 9.26 Å². The van der Waals surface area contributed by atoms with Crippen LogP contribution in [0, 0.1) is 5.92 Å². The number of carbonyl (C=O) groups is 1. The Balaban J connectivity index is 1.35. The first kappa shape index (κ1) is 18.5. The average Bonchev–Trinajstić information content (AvgIpc) is 3.40. The molecule has 1 aliphatic rings. The number of nitrogens with zero attached hydrogens (tertiary/aromatic N) is 3. The molecule has 3 heterocycles. The van der Waals surface area contributed by atoms with Crippen LogP contribution in [0.25, 0.3) is 11.4 Å². The maximum atomic E-state index is 12.6. The first-order valence-electron chi connectivity index (χ1n) is 9.26. The molecule has 4 rings (SSSR count). The second-order valence-electron chi connectivity index (χ2n) is 6.84. The molecule has 8 heteroatoms. The minimum absolute atomic E-state index is 0.0950. The number of anilines is 1. The fourth-order valence-corrected chi connectivity index (χ4v) is 4.05. The molecule has 2 amide bonds. The van der Waals surface area contributed by atoms with Crippen molar-refractivity contribution < 1.29 is 14.1 Å². The van der Waals surface area contributed by atoms with Crippen LogP contribution in [0.5, 0.6) is 5.75 Å². The van der Waals surface area contributed by atoms with Crippen molar-refractivity contribution in [2.45, 2.75) is 19.3 Å². The summed E-state index contributed by atoms with van der Waals surface area (Å²) in [5.74, 6) is 2.27. The lowest BCUT2D eigenvalue weighted by molar-refractivity contribution is 0.173. The summed E-state index contributed by atoms with van der Waals surface area (Å²) < 4.78 is 10.6. The van der Waals surface area contributed by atoms with Crippen molar-refractivity contribution in [3.63, 3.8) is 0 Å². The van der Waals surface area contributed by atoms with Crippen LogP contribution < -0.4 is 10.1 Å². The molecule has 0 spiro atoms. The second kappa shape index (κ2) is 8.43. The average molecular weight is 398 g/mol. The van der Waals surface area contributed by atoms with Gasteiger partial charge in [-0.15, -0.1) is 0 Å². The highest BCUT2D eigenvalue weighted by Gasteiger charge is 2.25. The minimum Gasteiger partial charge on any atom is -0.497 e. The van der Waals surface area contributed by atoms with Crippen LogP contribution >= 0.6 is 11.3 Å². The molecule has 1 aliphatic heterocycles. The van der Waals surface area contributed by atoms with E-state index >= 15 is 0 Å². The van der Waals surface area contributed by atoms with Gasteiger partial charge >= 0.3 is 6.03 Å². The van der Waals surface area contributed by atoms with E-state index in [1.807, 2.05) is 46.0 Å². The SMILES string of the molecule is COc1cccc(NC(=O)N2CCCC(Cc3nc(-c4ccsc4)no3)C2)c1. The number of piperidine rings is 1. The number of hydrogen-bond donors (Lipinski definition) is 1. The number of aromatic nitrogens is 2. The number of nitrogens with one attached hydrogen (secondary N) is 1. The highest BCUT2D eigenvalue weighted by Crippen LogP contribution is 2.24. The predicted molar refractivity (Wildman–Crippen MR) is 108 cm³/mol. The first-order chi connectivity index (χ1) is 13.7. The summed E-state index contributed by atoms with van der Waals surface area (Å²) in [6.07, 6.45) is 2.68. The third-order valence-corrected chi connectivity index (χ3v) is 5.52. The summed E-state index contributed by atoms with van der Waals surface area (Å²) in [5, 5.41) is 11.0. The normalized spacial score (nSPS) is 16.8. The van der Waals surface area contributed by atoms with Gasteiger partial charge < -0.3 is 19.5 Å². The first-order valence-corrected chi connectivity index (χ1v) is 10.2. The van der Waals surface area contributed by atoms with E-state index < -0.39 is 0 Å². The number of likely N-dealkylation sites (tertiary alicyclic amines) is 1. The molecule has 1 saturated heterocycles. The van der Waals surface area contributed by atoms with Gasteiger partial charge in [-0.3, -0.25) is 0 Å². The van der Waals surface area contributed by atoms with Gasteiger partial charge in [-0.05, 0) is 42.3 Å². The van der Waals surface area contributed by atoms with Gasteiger partial charge in [-0.1, -0.05) is 11.2 Å². The summed E-state index contributed by atoms with van der Waals surface area (Å²) in [4.78, 5) is 19.0. The molecule has 2 aromatic heterocycles. The van der Waals surface area contributed by atoms with E-state index in [9.17, 15) is 4.79 Å². The molecule has 1 fully saturated rings. The van der Waals surface area contributed by atoms with Crippen molar-refractivity contribution in [2.75, 3.05) is 25.5 Å². The van der Waals surface area contributed by atoms with E-state index in [2.05, 4.69) is 15.5 Å². The zero-order valence-electron chi connectivity index (χ0n) is 15.6. The van der Waals surface area contributed by atoms with E-state index in [-0.39, 0.29) is 6.03 Å². The van der Waals surface area contributed by atoms with Gasteiger partial charge in [0.2, 0.25) is 11.7 Å². The molecule has 1 aromatic carbocycles. The van der Waals surface area contributed by atoms with Gasteiger partial charge in [0, 0.05) is 42.2 Å². The second-order valence-corrected chi connectivity index (χ2v) is 7.62. The lowest BCUT2D eigenvalue weighted by Gasteiger charge is -2.32. The van der Waals surface area contributed by atoms with Crippen LogP contribution in [0.4, 0.5) is 10.5 Å². The number of hydrogen-bond acceptors (Lipinski definition) is 6. The minimum atomic E-state index is -0.0950. The summed E-state index contributed by atoms with van der Waals surface area (Å²) in [6.45, 7) is 1.42. The van der Waals surface area contributed by atoms with Crippen molar-refractivity contribution in [3.8, 4) is 17.1 Å². The molecule has 0 radical (unpaired) electrons. The molecule has 0 bridgehead atoms. The smallest absolute Gasteiger partial charge is 0.321 e. The van der Waals surface area contributed by atoms with E-state index in [0.717, 1.165) is 30.6 Å². The Bertz CT molecular complexity index is 925. The third-order valence-electron chi connectivity index (χ3n) is 4.84. The summed E-state index contributed by atoms with van der Waals surface area (Å²) >= 11 is 1.61. The Morgan fingerprint density at radius 2 is 2.36 bits per heavy atom. The van der Waals surface area contributed by atoms with Gasteiger partial charge in [0.1, 0.15) is 5.75 Å². The Hall–Kier alpha value is -2.87. The van der Waals surface area contributed by atoms with Crippen molar-refractivity contribution in [1.29, 1.82) is 0 Å². The fraction of sp³-hybridized carbons (Fsp3) is 0.350. The number of ether oxygens (including phenoxy) is 1. The zero-order valence-corrected chi connectivity index (χ0v) is 16.4. The van der Waals surface area contributed by atoms with Crippen molar-refractivity contribution in [1.82, 2.24) is 15.0 Å². The molecule has 7 nitrogen and oxygen atoms in total.